The molecule has 102 valence electrons. The molecule has 1 aromatic carbocycles. The molecule has 0 bridgehead atoms. The molecule has 0 unspecified atom stereocenters. The predicted octanol–water partition coefficient (Wildman–Crippen LogP) is 2.08. The van der Waals surface area contributed by atoms with E-state index in [1.165, 1.54) is 6.07 Å². The number of aromatic carboxylic acids is 1. The number of carbonyl (C=O) groups is 2. The van der Waals surface area contributed by atoms with Gasteiger partial charge in [-0.15, -0.1) is 0 Å². The minimum atomic E-state index is -0.957. The fraction of sp³-hybridized carbons (Fsp3) is 0.429. The van der Waals surface area contributed by atoms with Crippen LogP contribution < -0.4 is 5.32 Å². The number of nitrogens with zero attached hydrogens (tertiary/aromatic N) is 1. The van der Waals surface area contributed by atoms with Crippen molar-refractivity contribution in [2.24, 2.45) is 0 Å². The summed E-state index contributed by atoms with van der Waals surface area (Å²) in [6.07, 6.45) is 2.16. The summed E-state index contributed by atoms with van der Waals surface area (Å²) < 4.78 is 0. The zero-order valence-corrected chi connectivity index (χ0v) is 10.9. The maximum absolute atomic E-state index is 11.9. The number of hydrogen-bond donors (Lipinski definition) is 2. The fourth-order valence-electron chi connectivity index (χ4n) is 2.05. The summed E-state index contributed by atoms with van der Waals surface area (Å²) in [7, 11) is 0. The number of amides is 2. The molecule has 1 aliphatic rings. The number of urea groups is 1. The summed E-state index contributed by atoms with van der Waals surface area (Å²) in [5.74, 6) is -0.957. The Kier molecular flexibility index (Phi) is 4.04. The van der Waals surface area contributed by atoms with Gasteiger partial charge in [-0.2, -0.15) is 0 Å². The van der Waals surface area contributed by atoms with Gasteiger partial charge in [0, 0.05) is 19.1 Å². The van der Waals surface area contributed by atoms with E-state index < -0.39 is 5.97 Å². The first-order valence-corrected chi connectivity index (χ1v) is 6.48. The van der Waals surface area contributed by atoms with Gasteiger partial charge in [-0.25, -0.2) is 9.59 Å². The number of carbonyl (C=O) groups excluding carboxylic acids is 1. The maximum Gasteiger partial charge on any atom is 0.335 e. The summed E-state index contributed by atoms with van der Waals surface area (Å²) in [5, 5.41) is 11.7. The normalized spacial score (nSPS) is 13.9. The van der Waals surface area contributed by atoms with Crippen molar-refractivity contribution in [3.05, 3.63) is 35.4 Å². The lowest BCUT2D eigenvalue weighted by Crippen LogP contribution is -2.40. The third-order valence-corrected chi connectivity index (χ3v) is 3.21. The Morgan fingerprint density at radius 2 is 2.16 bits per heavy atom. The molecule has 5 heteroatoms. The number of carboxylic acids is 1. The monoisotopic (exact) mass is 262 g/mol. The van der Waals surface area contributed by atoms with Gasteiger partial charge >= 0.3 is 12.0 Å². The standard InChI is InChI=1S/C14H18N2O3/c1-2-16(12-6-7-12)14(19)15-9-10-4-3-5-11(8-10)13(17)18/h3-5,8,12H,2,6-7,9H2,1H3,(H,15,19)(H,17,18). The summed E-state index contributed by atoms with van der Waals surface area (Å²) in [6.45, 7) is 3.01. The lowest BCUT2D eigenvalue weighted by atomic mass is 10.1. The molecule has 2 rings (SSSR count). The largest absolute Gasteiger partial charge is 0.478 e. The van der Waals surface area contributed by atoms with E-state index >= 15 is 0 Å². The van der Waals surface area contributed by atoms with Gasteiger partial charge in [0.15, 0.2) is 0 Å². The minimum absolute atomic E-state index is 0.0780. The van der Waals surface area contributed by atoms with Crippen LogP contribution in [0.15, 0.2) is 24.3 Å². The first-order chi connectivity index (χ1) is 9.11. The van der Waals surface area contributed by atoms with E-state index in [9.17, 15) is 9.59 Å². The third-order valence-electron chi connectivity index (χ3n) is 3.21. The molecule has 0 saturated heterocycles. The molecule has 0 radical (unpaired) electrons. The lowest BCUT2D eigenvalue weighted by molar-refractivity contribution is 0.0696. The van der Waals surface area contributed by atoms with E-state index in [0.717, 1.165) is 18.4 Å². The summed E-state index contributed by atoms with van der Waals surface area (Å²) in [4.78, 5) is 24.6. The summed E-state index contributed by atoms with van der Waals surface area (Å²) in [6, 6.07) is 6.91. The fourth-order valence-corrected chi connectivity index (χ4v) is 2.05. The molecule has 0 atom stereocenters. The van der Waals surface area contributed by atoms with Crippen molar-refractivity contribution in [3.8, 4) is 0 Å². The van der Waals surface area contributed by atoms with E-state index in [4.69, 9.17) is 5.11 Å². The van der Waals surface area contributed by atoms with Crippen LogP contribution >= 0.6 is 0 Å². The van der Waals surface area contributed by atoms with E-state index in [1.54, 1.807) is 18.2 Å². The Labute approximate surface area is 112 Å². The van der Waals surface area contributed by atoms with Gasteiger partial charge in [-0.05, 0) is 37.5 Å². The molecule has 19 heavy (non-hydrogen) atoms. The van der Waals surface area contributed by atoms with Gasteiger partial charge in [0.1, 0.15) is 0 Å². The second-order valence-corrected chi connectivity index (χ2v) is 4.68. The van der Waals surface area contributed by atoms with E-state index in [2.05, 4.69) is 5.32 Å². The Morgan fingerprint density at radius 1 is 1.42 bits per heavy atom. The molecule has 5 nitrogen and oxygen atoms in total. The quantitative estimate of drug-likeness (QED) is 0.853. The molecule has 1 aromatic rings. The van der Waals surface area contributed by atoms with Crippen LogP contribution in [0, 0.1) is 0 Å². The molecule has 1 fully saturated rings. The van der Waals surface area contributed by atoms with Gasteiger partial charge in [-0.3, -0.25) is 0 Å². The Hall–Kier alpha value is -2.04. The molecular formula is C14H18N2O3. The van der Waals surface area contributed by atoms with Crippen molar-refractivity contribution < 1.29 is 14.7 Å². The Bertz CT molecular complexity index is 483. The summed E-state index contributed by atoms with van der Waals surface area (Å²) in [5.41, 5.74) is 1.03. The molecule has 2 N–H and O–H groups in total. The SMILES string of the molecule is CCN(C(=O)NCc1cccc(C(=O)O)c1)C1CC1. The average Bonchev–Trinajstić information content (AvgIpc) is 3.22. The van der Waals surface area contributed by atoms with Crippen LogP contribution in [0.4, 0.5) is 4.79 Å². The van der Waals surface area contributed by atoms with Crippen molar-refractivity contribution >= 4 is 12.0 Å². The zero-order chi connectivity index (χ0) is 13.8. The number of hydrogen-bond acceptors (Lipinski definition) is 2. The zero-order valence-electron chi connectivity index (χ0n) is 10.9. The molecule has 0 spiro atoms. The first kappa shape index (κ1) is 13.4. The van der Waals surface area contributed by atoms with Crippen LogP contribution in [0.5, 0.6) is 0 Å². The number of benzene rings is 1. The van der Waals surface area contributed by atoms with E-state index in [1.807, 2.05) is 11.8 Å². The van der Waals surface area contributed by atoms with Crippen LogP contribution in [0.1, 0.15) is 35.7 Å². The number of nitrogens with one attached hydrogen (secondary N) is 1. The van der Waals surface area contributed by atoms with Crippen LogP contribution in [0.25, 0.3) is 0 Å². The lowest BCUT2D eigenvalue weighted by Gasteiger charge is -2.20. The highest BCUT2D eigenvalue weighted by molar-refractivity contribution is 5.87. The Balaban J connectivity index is 1.92. The number of carboxylic acid groups (broad SMARTS) is 1. The van der Waals surface area contributed by atoms with E-state index in [-0.39, 0.29) is 11.6 Å². The molecule has 2 amide bonds. The molecule has 0 aliphatic heterocycles. The van der Waals surface area contributed by atoms with Crippen LogP contribution in [-0.2, 0) is 6.54 Å². The topological polar surface area (TPSA) is 69.6 Å². The van der Waals surface area contributed by atoms with Crippen LogP contribution in [-0.4, -0.2) is 34.6 Å². The van der Waals surface area contributed by atoms with Crippen molar-refractivity contribution in [1.29, 1.82) is 0 Å². The molecule has 0 aromatic heterocycles. The van der Waals surface area contributed by atoms with Crippen molar-refractivity contribution in [2.45, 2.75) is 32.4 Å². The smallest absolute Gasteiger partial charge is 0.335 e. The minimum Gasteiger partial charge on any atom is -0.478 e. The second-order valence-electron chi connectivity index (χ2n) is 4.68. The molecule has 0 heterocycles. The maximum atomic E-state index is 11.9. The number of rotatable bonds is 5. The highest BCUT2D eigenvalue weighted by Gasteiger charge is 2.31. The molecule has 1 aliphatic carbocycles. The van der Waals surface area contributed by atoms with Gasteiger partial charge in [0.25, 0.3) is 0 Å². The third kappa shape index (κ3) is 3.47. The average molecular weight is 262 g/mol. The van der Waals surface area contributed by atoms with Crippen molar-refractivity contribution in [1.82, 2.24) is 10.2 Å². The van der Waals surface area contributed by atoms with Gasteiger partial charge in [-0.1, -0.05) is 12.1 Å². The highest BCUT2D eigenvalue weighted by atomic mass is 16.4. The van der Waals surface area contributed by atoms with Gasteiger partial charge in [0.2, 0.25) is 0 Å². The van der Waals surface area contributed by atoms with Crippen molar-refractivity contribution in [3.63, 3.8) is 0 Å². The van der Waals surface area contributed by atoms with Crippen LogP contribution in [0.2, 0.25) is 0 Å². The summed E-state index contributed by atoms with van der Waals surface area (Å²) >= 11 is 0. The van der Waals surface area contributed by atoms with Gasteiger partial charge < -0.3 is 15.3 Å². The van der Waals surface area contributed by atoms with Gasteiger partial charge in [0.05, 0.1) is 5.56 Å². The second kappa shape index (κ2) is 5.73. The van der Waals surface area contributed by atoms with Crippen molar-refractivity contribution in [2.75, 3.05) is 6.54 Å². The Morgan fingerprint density at radius 3 is 2.74 bits per heavy atom. The van der Waals surface area contributed by atoms with E-state index in [0.29, 0.717) is 19.1 Å². The first-order valence-electron chi connectivity index (χ1n) is 6.48. The van der Waals surface area contributed by atoms with Crippen LogP contribution in [0.3, 0.4) is 0 Å². The highest BCUT2D eigenvalue weighted by Crippen LogP contribution is 2.26. The molecular weight excluding hydrogens is 244 g/mol. The predicted molar refractivity (Wildman–Crippen MR) is 71.0 cm³/mol. The molecule has 1 saturated carbocycles.